The number of benzene rings is 2. The van der Waals surface area contributed by atoms with Crippen LogP contribution in [0.2, 0.25) is 0 Å². The van der Waals surface area contributed by atoms with Gasteiger partial charge in [-0.25, -0.2) is 13.9 Å². The van der Waals surface area contributed by atoms with E-state index in [-0.39, 0.29) is 29.5 Å². The molecule has 0 unspecified atom stereocenters. The van der Waals surface area contributed by atoms with E-state index in [0.717, 1.165) is 30.9 Å². The van der Waals surface area contributed by atoms with E-state index >= 15 is 0 Å². The minimum absolute atomic E-state index is 0.155. The SMILES string of the molecule is CN.N#Cc1cc(SNCC(=O)N(Cc2ccc(C3CCCCC3)cn2)c2ccc3c(=O)[nH]ncc3c2)cc(F)c1F. The second-order valence-corrected chi connectivity index (χ2v) is 10.6. The highest BCUT2D eigenvalue weighted by molar-refractivity contribution is 7.97. The number of amides is 1. The summed E-state index contributed by atoms with van der Waals surface area (Å²) >= 11 is 0.916. The zero-order valence-corrected chi connectivity index (χ0v) is 23.9. The lowest BCUT2D eigenvalue weighted by molar-refractivity contribution is -0.117. The highest BCUT2D eigenvalue weighted by Crippen LogP contribution is 2.32. The van der Waals surface area contributed by atoms with Gasteiger partial charge in [-0.15, -0.1) is 0 Å². The predicted octanol–water partition coefficient (Wildman–Crippen LogP) is 4.92. The molecule has 4 aromatic rings. The molecule has 9 nitrogen and oxygen atoms in total. The van der Waals surface area contributed by atoms with Gasteiger partial charge in [-0.1, -0.05) is 25.3 Å². The largest absolute Gasteiger partial charge is 0.333 e. The Morgan fingerprint density at radius 2 is 1.93 bits per heavy atom. The molecule has 4 N–H and O–H groups in total. The first kappa shape index (κ1) is 30.8. The van der Waals surface area contributed by atoms with Crippen molar-refractivity contribution in [2.24, 2.45) is 5.73 Å². The van der Waals surface area contributed by atoms with Gasteiger partial charge in [0.2, 0.25) is 5.91 Å². The summed E-state index contributed by atoms with van der Waals surface area (Å²) in [6.07, 6.45) is 9.45. The molecule has 2 aromatic carbocycles. The van der Waals surface area contributed by atoms with Crippen LogP contribution >= 0.6 is 11.9 Å². The zero-order valence-electron chi connectivity index (χ0n) is 23.1. The second kappa shape index (κ2) is 14.6. The smallest absolute Gasteiger partial charge is 0.272 e. The van der Waals surface area contributed by atoms with E-state index in [0.29, 0.717) is 28.1 Å². The van der Waals surface area contributed by atoms with Crippen LogP contribution in [0, 0.1) is 23.0 Å². The van der Waals surface area contributed by atoms with Gasteiger partial charge in [0.1, 0.15) is 6.07 Å². The van der Waals surface area contributed by atoms with E-state index in [1.165, 1.54) is 44.1 Å². The maximum Gasteiger partial charge on any atom is 0.272 e. The van der Waals surface area contributed by atoms with Crippen molar-refractivity contribution < 1.29 is 13.6 Å². The molecule has 0 radical (unpaired) electrons. The summed E-state index contributed by atoms with van der Waals surface area (Å²) in [7, 11) is 1.50. The molecule has 2 heterocycles. The van der Waals surface area contributed by atoms with E-state index < -0.39 is 17.2 Å². The Kier molecular flexibility index (Phi) is 10.7. The predicted molar refractivity (Wildman–Crippen MR) is 159 cm³/mol. The van der Waals surface area contributed by atoms with Crippen molar-refractivity contribution in [3.63, 3.8) is 0 Å². The molecule has 1 aliphatic rings. The van der Waals surface area contributed by atoms with Crippen LogP contribution in [0.3, 0.4) is 0 Å². The average Bonchev–Trinajstić information content (AvgIpc) is 3.03. The van der Waals surface area contributed by atoms with Crippen molar-refractivity contribution in [3.05, 3.63) is 93.7 Å². The Morgan fingerprint density at radius 1 is 1.14 bits per heavy atom. The highest BCUT2D eigenvalue weighted by atomic mass is 32.2. The number of halogens is 2. The number of rotatable bonds is 8. The van der Waals surface area contributed by atoms with E-state index in [1.807, 2.05) is 12.3 Å². The number of aromatic nitrogens is 3. The Hall–Kier alpha value is -4.18. The summed E-state index contributed by atoms with van der Waals surface area (Å²) < 4.78 is 30.4. The fourth-order valence-electron chi connectivity index (χ4n) is 4.93. The number of hydrogen-bond acceptors (Lipinski definition) is 8. The van der Waals surface area contributed by atoms with Crippen molar-refractivity contribution in [1.29, 1.82) is 5.26 Å². The van der Waals surface area contributed by atoms with Crippen LogP contribution < -0.4 is 20.9 Å². The molecule has 1 amide bonds. The number of nitrogens with one attached hydrogen (secondary N) is 2. The summed E-state index contributed by atoms with van der Waals surface area (Å²) in [6, 6.07) is 12.8. The molecule has 12 heteroatoms. The second-order valence-electron chi connectivity index (χ2n) is 9.67. The first-order valence-corrected chi connectivity index (χ1v) is 14.3. The molecule has 0 spiro atoms. The number of nitrogens with two attached hydrogens (primary N) is 1. The van der Waals surface area contributed by atoms with Crippen LogP contribution in [0.15, 0.2) is 64.5 Å². The van der Waals surface area contributed by atoms with Crippen LogP contribution in [-0.4, -0.2) is 34.7 Å². The molecule has 1 aliphatic carbocycles. The Morgan fingerprint density at radius 3 is 2.64 bits per heavy atom. The maximum absolute atomic E-state index is 13.8. The molecular weight excluding hydrogens is 560 g/mol. The molecule has 0 aliphatic heterocycles. The minimum atomic E-state index is -1.21. The number of nitrogens with zero attached hydrogens (tertiary/aromatic N) is 4. The standard InChI is InChI=1S/C29H26F2N6O2S.CH5N/c30-26-12-24(11-20(13-32)28(26)31)40-35-16-27(38)37(23-8-9-25-21(10-23)15-34-36-29(25)39)17-22-7-6-19(14-33-22)18-4-2-1-3-5-18;1-2/h6-12,14-15,18,35H,1-5,16-17H2,(H,36,39);2H2,1H3. The van der Waals surface area contributed by atoms with Gasteiger partial charge in [0, 0.05) is 22.2 Å². The Labute approximate surface area is 246 Å². The lowest BCUT2D eigenvalue weighted by Crippen LogP contribution is -2.36. The maximum atomic E-state index is 13.8. The van der Waals surface area contributed by atoms with Gasteiger partial charge < -0.3 is 10.6 Å². The Bertz CT molecular complexity index is 1630. The van der Waals surface area contributed by atoms with Crippen LogP contribution in [0.5, 0.6) is 0 Å². The minimum Gasteiger partial charge on any atom is -0.333 e. The number of carbonyl (C=O) groups is 1. The first-order chi connectivity index (χ1) is 20.4. The molecule has 218 valence electrons. The number of nitriles is 1. The molecule has 0 saturated heterocycles. The molecule has 1 fully saturated rings. The van der Waals surface area contributed by atoms with Crippen molar-refractivity contribution in [2.45, 2.75) is 49.5 Å². The first-order valence-electron chi connectivity index (χ1n) is 13.5. The van der Waals surface area contributed by atoms with Crippen molar-refractivity contribution in [1.82, 2.24) is 19.9 Å². The average molecular weight is 592 g/mol. The van der Waals surface area contributed by atoms with E-state index in [2.05, 4.69) is 31.7 Å². The van der Waals surface area contributed by atoms with Crippen LogP contribution in [0.25, 0.3) is 10.8 Å². The molecule has 0 atom stereocenters. The van der Waals surface area contributed by atoms with Gasteiger partial charge >= 0.3 is 0 Å². The normalized spacial score (nSPS) is 13.2. The van der Waals surface area contributed by atoms with Gasteiger partial charge in [0.05, 0.1) is 35.9 Å². The molecule has 42 heavy (non-hydrogen) atoms. The number of carbonyl (C=O) groups excluding carboxylic acids is 1. The van der Waals surface area contributed by atoms with Crippen LogP contribution in [0.4, 0.5) is 14.5 Å². The number of aromatic amines is 1. The quantitative estimate of drug-likeness (QED) is 0.245. The van der Waals surface area contributed by atoms with Gasteiger partial charge in [-0.05, 0) is 79.7 Å². The van der Waals surface area contributed by atoms with Crippen molar-refractivity contribution >= 4 is 34.3 Å². The molecule has 2 aromatic heterocycles. The van der Waals surface area contributed by atoms with Crippen LogP contribution in [0.1, 0.15) is 54.8 Å². The number of H-pyrrole nitrogens is 1. The lowest BCUT2D eigenvalue weighted by atomic mass is 9.85. The highest BCUT2D eigenvalue weighted by Gasteiger charge is 2.20. The third kappa shape index (κ3) is 7.36. The summed E-state index contributed by atoms with van der Waals surface area (Å²) in [4.78, 5) is 32.0. The number of pyridine rings is 1. The lowest BCUT2D eigenvalue weighted by Gasteiger charge is -2.24. The molecule has 5 rings (SSSR count). The summed E-state index contributed by atoms with van der Waals surface area (Å²) in [6.45, 7) is 0.0272. The van der Waals surface area contributed by atoms with E-state index in [9.17, 15) is 18.4 Å². The summed E-state index contributed by atoms with van der Waals surface area (Å²) in [5.41, 5.74) is 6.21. The number of fused-ring (bicyclic) bond motifs is 1. The molecule has 0 bridgehead atoms. The molecule has 1 saturated carbocycles. The van der Waals surface area contributed by atoms with E-state index in [4.69, 9.17) is 5.26 Å². The van der Waals surface area contributed by atoms with Gasteiger partial charge in [-0.2, -0.15) is 10.4 Å². The number of hydrogen-bond donors (Lipinski definition) is 3. The third-order valence-corrected chi connectivity index (χ3v) is 7.80. The zero-order chi connectivity index (χ0) is 30.1. The Balaban J connectivity index is 0.00000198. The van der Waals surface area contributed by atoms with Gasteiger partial charge in [0.15, 0.2) is 11.6 Å². The number of anilines is 1. The third-order valence-electron chi connectivity index (χ3n) is 7.04. The van der Waals surface area contributed by atoms with Crippen molar-refractivity contribution in [2.75, 3.05) is 18.5 Å². The van der Waals surface area contributed by atoms with Crippen molar-refractivity contribution in [3.8, 4) is 6.07 Å². The van der Waals surface area contributed by atoms with E-state index in [1.54, 1.807) is 29.2 Å². The van der Waals surface area contributed by atoms with Gasteiger partial charge in [0.25, 0.3) is 5.56 Å². The summed E-state index contributed by atoms with van der Waals surface area (Å²) in [5, 5.41) is 16.3. The molecular formula is C30H31F2N7O2S. The van der Waals surface area contributed by atoms with Crippen LogP contribution in [-0.2, 0) is 11.3 Å². The topological polar surface area (TPSA) is 141 Å². The van der Waals surface area contributed by atoms with Gasteiger partial charge in [-0.3, -0.25) is 19.3 Å². The monoisotopic (exact) mass is 591 g/mol. The summed E-state index contributed by atoms with van der Waals surface area (Å²) in [5.74, 6) is -2.15. The fraction of sp³-hybridized carbons (Fsp3) is 0.300. The fourth-order valence-corrected chi connectivity index (χ4v) is 5.63.